The molecule has 1 saturated heterocycles. The molecule has 3 fully saturated rings. The van der Waals surface area contributed by atoms with Crippen molar-refractivity contribution in [3.8, 4) is 0 Å². The van der Waals surface area contributed by atoms with Crippen molar-refractivity contribution in [2.45, 2.75) is 56.1 Å². The van der Waals surface area contributed by atoms with Crippen LogP contribution in [0.3, 0.4) is 0 Å². The number of amides is 3. The molecule has 0 spiro atoms. The Morgan fingerprint density at radius 2 is 1.87 bits per heavy atom. The van der Waals surface area contributed by atoms with Crippen LogP contribution in [0.1, 0.15) is 49.7 Å². The number of nitrogens with one attached hydrogen (secondary N) is 2. The number of aromatic nitrogens is 2. The number of benzene rings is 1. The number of hydrogen-bond acceptors (Lipinski definition) is 5. The Hall–Kier alpha value is -3.56. The molecule has 4 atom stereocenters. The Morgan fingerprint density at radius 1 is 1.08 bits per heavy atom. The predicted molar refractivity (Wildman–Crippen MR) is 147 cm³/mol. The molecule has 3 aliphatic rings. The van der Waals surface area contributed by atoms with E-state index in [1.54, 1.807) is 41.6 Å². The number of nitrogens with two attached hydrogens (primary N) is 1. The van der Waals surface area contributed by atoms with Crippen LogP contribution >= 0.6 is 11.6 Å². The smallest absolute Gasteiger partial charge is 0.322 e. The lowest BCUT2D eigenvalue weighted by atomic mass is 9.79. The Morgan fingerprint density at radius 3 is 2.59 bits per heavy atom. The van der Waals surface area contributed by atoms with Crippen molar-refractivity contribution in [2.75, 3.05) is 10.6 Å². The number of nitrogens with zero attached hydrogens (tertiary/aromatic N) is 3. The fourth-order valence-corrected chi connectivity index (χ4v) is 5.78. The summed E-state index contributed by atoms with van der Waals surface area (Å²) in [6.07, 6.45) is 10.3. The van der Waals surface area contributed by atoms with E-state index in [1.165, 1.54) is 25.1 Å². The number of urea groups is 1. The van der Waals surface area contributed by atoms with Crippen LogP contribution in [-0.2, 0) is 10.3 Å². The number of halogens is 2. The first-order chi connectivity index (χ1) is 18.8. The number of anilines is 2. The molecular formula is C29H30ClFN6O2. The molecule has 202 valence electrons. The van der Waals surface area contributed by atoms with Crippen LogP contribution in [0.25, 0.3) is 0 Å². The molecule has 6 rings (SSSR count). The minimum Gasteiger partial charge on any atom is -0.322 e. The molecule has 3 amide bonds. The molecule has 3 aromatic rings. The number of piperidine rings is 1. The van der Waals surface area contributed by atoms with Crippen LogP contribution in [-0.4, -0.2) is 38.9 Å². The zero-order chi connectivity index (χ0) is 27.1. The topological polar surface area (TPSA) is 113 Å². The molecule has 1 aromatic carbocycles. The van der Waals surface area contributed by atoms with E-state index in [1.807, 2.05) is 12.1 Å². The first kappa shape index (κ1) is 25.7. The average Bonchev–Trinajstić information content (AvgIpc) is 3.88. The summed E-state index contributed by atoms with van der Waals surface area (Å²) >= 11 is 5.89. The minimum atomic E-state index is -0.856. The maximum absolute atomic E-state index is 15.0. The van der Waals surface area contributed by atoms with Gasteiger partial charge in [0.1, 0.15) is 17.7 Å². The van der Waals surface area contributed by atoms with Gasteiger partial charge >= 0.3 is 6.03 Å². The van der Waals surface area contributed by atoms with E-state index in [2.05, 4.69) is 20.6 Å². The molecule has 3 unspecified atom stereocenters. The average molecular weight is 549 g/mol. The van der Waals surface area contributed by atoms with E-state index in [9.17, 15) is 9.59 Å². The first-order valence-corrected chi connectivity index (χ1v) is 13.7. The molecule has 4 N–H and O–H groups in total. The SMILES string of the molecule is NC(CCC1CC1)(c1ccncc1)c1ccc(F)c(NC(=O)[C@H]2CC3CC3N2C(=O)Nc2ccc(Cl)cn2)c1. The highest BCUT2D eigenvalue weighted by Gasteiger charge is 2.56. The maximum atomic E-state index is 15.0. The fourth-order valence-electron chi connectivity index (χ4n) is 5.66. The Bertz CT molecular complexity index is 1390. The minimum absolute atomic E-state index is 0.0185. The molecule has 8 nitrogen and oxygen atoms in total. The number of hydrogen-bond donors (Lipinski definition) is 3. The van der Waals surface area contributed by atoms with Crippen molar-refractivity contribution in [3.63, 3.8) is 0 Å². The normalized spacial score (nSPS) is 23.1. The van der Waals surface area contributed by atoms with Crippen molar-refractivity contribution in [3.05, 3.63) is 83.0 Å². The second kappa shape index (κ2) is 10.2. The molecule has 1 aliphatic heterocycles. The number of carbonyl (C=O) groups excluding carboxylic acids is 2. The molecule has 0 bridgehead atoms. The second-order valence-electron chi connectivity index (χ2n) is 10.9. The summed E-state index contributed by atoms with van der Waals surface area (Å²) in [4.78, 5) is 36.3. The third-order valence-electron chi connectivity index (χ3n) is 8.18. The lowest BCUT2D eigenvalue weighted by molar-refractivity contribution is -0.120. The quantitative estimate of drug-likeness (QED) is 0.354. The molecule has 39 heavy (non-hydrogen) atoms. The van der Waals surface area contributed by atoms with Gasteiger partial charge in [-0.15, -0.1) is 0 Å². The van der Waals surface area contributed by atoms with Gasteiger partial charge < -0.3 is 16.0 Å². The molecular weight excluding hydrogens is 519 g/mol. The third-order valence-corrected chi connectivity index (χ3v) is 8.41. The monoisotopic (exact) mass is 548 g/mol. The zero-order valence-corrected chi connectivity index (χ0v) is 22.1. The van der Waals surface area contributed by atoms with Gasteiger partial charge in [-0.05, 0) is 85.0 Å². The van der Waals surface area contributed by atoms with Gasteiger partial charge in [-0.3, -0.25) is 15.1 Å². The lowest BCUT2D eigenvalue weighted by Crippen LogP contribution is -2.47. The van der Waals surface area contributed by atoms with Crippen molar-refractivity contribution < 1.29 is 14.0 Å². The van der Waals surface area contributed by atoms with Crippen molar-refractivity contribution in [1.29, 1.82) is 0 Å². The van der Waals surface area contributed by atoms with Crippen molar-refractivity contribution in [2.24, 2.45) is 17.6 Å². The summed E-state index contributed by atoms with van der Waals surface area (Å²) in [6.45, 7) is 0. The van der Waals surface area contributed by atoms with Gasteiger partial charge in [0.15, 0.2) is 0 Å². The standard InChI is InChI=1S/C29H30ClFN6O2/c30-21-4-6-26(34-16-21)36-28(39)37-24-13-18(24)14-25(37)27(38)35-23-15-20(3-5-22(23)31)29(32,10-7-17-1-2-17)19-8-11-33-12-9-19/h3-6,8-9,11-12,15-18,24-25H,1-2,7,10,13-14,32H2,(H,35,38)(H,34,36,39)/t18?,24?,25-,29?/m1/s1. The highest BCUT2D eigenvalue weighted by Crippen LogP contribution is 2.48. The van der Waals surface area contributed by atoms with E-state index < -0.39 is 29.3 Å². The molecule has 2 aromatic heterocycles. The number of likely N-dealkylation sites (tertiary alicyclic amines) is 1. The number of pyridine rings is 2. The van der Waals surface area contributed by atoms with Gasteiger partial charge in [0.25, 0.3) is 0 Å². The van der Waals surface area contributed by atoms with Gasteiger partial charge in [-0.25, -0.2) is 14.2 Å². The van der Waals surface area contributed by atoms with E-state index >= 15 is 4.39 Å². The first-order valence-electron chi connectivity index (χ1n) is 13.3. The highest BCUT2D eigenvalue weighted by atomic mass is 35.5. The predicted octanol–water partition coefficient (Wildman–Crippen LogP) is 5.30. The van der Waals surface area contributed by atoms with Gasteiger partial charge in [0.05, 0.1) is 16.2 Å². The van der Waals surface area contributed by atoms with Crippen LogP contribution in [0, 0.1) is 17.7 Å². The van der Waals surface area contributed by atoms with Gasteiger partial charge in [0, 0.05) is 24.6 Å². The molecule has 10 heteroatoms. The Labute approximate surface area is 231 Å². The Balaban J connectivity index is 1.22. The van der Waals surface area contributed by atoms with Crippen molar-refractivity contribution >= 4 is 35.0 Å². The Kier molecular flexibility index (Phi) is 6.72. The summed E-state index contributed by atoms with van der Waals surface area (Å²) in [5.74, 6) is 0.279. The lowest BCUT2D eigenvalue weighted by Gasteiger charge is -2.32. The van der Waals surface area contributed by atoms with Crippen LogP contribution in [0.2, 0.25) is 5.02 Å². The van der Waals surface area contributed by atoms with Crippen LogP contribution in [0.4, 0.5) is 20.7 Å². The summed E-state index contributed by atoms with van der Waals surface area (Å²) in [5.41, 5.74) is 7.81. The van der Waals surface area contributed by atoms with Gasteiger partial charge in [-0.1, -0.05) is 30.5 Å². The van der Waals surface area contributed by atoms with E-state index in [4.69, 9.17) is 17.3 Å². The zero-order valence-electron chi connectivity index (χ0n) is 21.3. The van der Waals surface area contributed by atoms with Crippen LogP contribution < -0.4 is 16.4 Å². The molecule has 0 radical (unpaired) electrons. The highest BCUT2D eigenvalue weighted by molar-refractivity contribution is 6.30. The molecule has 2 saturated carbocycles. The second-order valence-corrected chi connectivity index (χ2v) is 11.3. The fraction of sp³-hybridized carbons (Fsp3) is 0.379. The van der Waals surface area contributed by atoms with E-state index in [-0.39, 0.29) is 17.6 Å². The number of carbonyl (C=O) groups is 2. The van der Waals surface area contributed by atoms with E-state index in [0.717, 1.165) is 18.4 Å². The summed E-state index contributed by atoms with van der Waals surface area (Å²) < 4.78 is 15.0. The number of fused-ring (bicyclic) bond motifs is 1. The summed E-state index contributed by atoms with van der Waals surface area (Å²) in [6, 6.07) is 10.5. The summed E-state index contributed by atoms with van der Waals surface area (Å²) in [7, 11) is 0. The maximum Gasteiger partial charge on any atom is 0.323 e. The van der Waals surface area contributed by atoms with Crippen LogP contribution in [0.5, 0.6) is 0 Å². The molecule has 3 heterocycles. The van der Waals surface area contributed by atoms with Crippen LogP contribution in [0.15, 0.2) is 61.1 Å². The summed E-state index contributed by atoms with van der Waals surface area (Å²) in [5, 5.41) is 5.95. The van der Waals surface area contributed by atoms with Crippen molar-refractivity contribution in [1.82, 2.24) is 14.9 Å². The third kappa shape index (κ3) is 5.33. The molecule has 2 aliphatic carbocycles. The van der Waals surface area contributed by atoms with Gasteiger partial charge in [-0.2, -0.15) is 0 Å². The largest absolute Gasteiger partial charge is 0.323 e. The number of rotatable bonds is 8. The van der Waals surface area contributed by atoms with Gasteiger partial charge in [0.2, 0.25) is 5.91 Å². The van der Waals surface area contributed by atoms with E-state index in [0.29, 0.717) is 35.2 Å².